The van der Waals surface area contributed by atoms with Crippen LogP contribution in [-0.2, 0) is 14.3 Å². The van der Waals surface area contributed by atoms with Crippen LogP contribution in [0.3, 0.4) is 0 Å². The Kier molecular flexibility index (Phi) is 5.09. The first kappa shape index (κ1) is 14.5. The zero-order chi connectivity index (χ0) is 14.4. The number of aliphatic carboxylic acids is 1. The molecule has 1 aliphatic rings. The van der Waals surface area contributed by atoms with E-state index >= 15 is 0 Å². The van der Waals surface area contributed by atoms with Crippen molar-refractivity contribution in [3.8, 4) is 0 Å². The maximum Gasteiger partial charge on any atom is 0.283 e. The van der Waals surface area contributed by atoms with Crippen molar-refractivity contribution >= 4 is 17.6 Å². The summed E-state index contributed by atoms with van der Waals surface area (Å²) < 4.78 is 5.24. The summed E-state index contributed by atoms with van der Waals surface area (Å²) in [7, 11) is 0. The molecule has 6 nitrogen and oxygen atoms in total. The Labute approximate surface area is 117 Å². The van der Waals surface area contributed by atoms with Gasteiger partial charge in [0.1, 0.15) is 13.1 Å². The summed E-state index contributed by atoms with van der Waals surface area (Å²) in [5.74, 6) is -1.51. The summed E-state index contributed by atoms with van der Waals surface area (Å²) in [4.78, 5) is 24.1. The van der Waals surface area contributed by atoms with Crippen molar-refractivity contribution in [2.75, 3.05) is 31.6 Å². The molecule has 1 saturated heterocycles. The Morgan fingerprint density at radius 1 is 1.25 bits per heavy atom. The van der Waals surface area contributed by atoms with Gasteiger partial charge >= 0.3 is 0 Å². The lowest BCUT2D eigenvalue weighted by Crippen LogP contribution is -3.19. The number of morpholine rings is 1. The monoisotopic (exact) mass is 278 g/mol. The second-order valence-electron chi connectivity index (χ2n) is 4.75. The summed E-state index contributed by atoms with van der Waals surface area (Å²) in [6.45, 7) is 2.33. The molecule has 0 radical (unpaired) electrons. The van der Waals surface area contributed by atoms with Crippen LogP contribution in [0.5, 0.6) is 0 Å². The van der Waals surface area contributed by atoms with Crippen LogP contribution in [0.15, 0.2) is 30.3 Å². The summed E-state index contributed by atoms with van der Waals surface area (Å²) in [5, 5.41) is 13.6. The van der Waals surface area contributed by atoms with E-state index in [-0.39, 0.29) is 12.3 Å². The van der Waals surface area contributed by atoms with Crippen LogP contribution in [-0.4, -0.2) is 44.2 Å². The number of rotatable bonds is 5. The van der Waals surface area contributed by atoms with Gasteiger partial charge in [-0.05, 0) is 12.1 Å². The van der Waals surface area contributed by atoms with Gasteiger partial charge in [0.15, 0.2) is 6.04 Å². The number of hydrogen-bond donors (Lipinski definition) is 2. The van der Waals surface area contributed by atoms with Crippen LogP contribution in [0.25, 0.3) is 0 Å². The van der Waals surface area contributed by atoms with Gasteiger partial charge in [-0.2, -0.15) is 0 Å². The summed E-state index contributed by atoms with van der Waals surface area (Å²) >= 11 is 0. The minimum Gasteiger partial charge on any atom is -0.550 e. The van der Waals surface area contributed by atoms with E-state index in [9.17, 15) is 14.7 Å². The van der Waals surface area contributed by atoms with Gasteiger partial charge in [-0.1, -0.05) is 18.2 Å². The van der Waals surface area contributed by atoms with E-state index in [2.05, 4.69) is 5.32 Å². The molecule has 0 saturated carbocycles. The third kappa shape index (κ3) is 4.04. The molecule has 20 heavy (non-hydrogen) atoms. The lowest BCUT2D eigenvalue weighted by Gasteiger charge is -2.30. The molecular formula is C14H18N2O4. The quantitative estimate of drug-likeness (QED) is 0.656. The van der Waals surface area contributed by atoms with E-state index in [1.54, 1.807) is 12.1 Å². The number of carboxylic acids is 1. The van der Waals surface area contributed by atoms with E-state index in [0.717, 1.165) is 4.90 Å². The molecule has 2 N–H and O–H groups in total. The molecule has 0 bridgehead atoms. The number of ether oxygens (including phenoxy) is 1. The summed E-state index contributed by atoms with van der Waals surface area (Å²) in [5.41, 5.74) is 0.661. The molecule has 6 heteroatoms. The zero-order valence-corrected chi connectivity index (χ0v) is 11.1. The molecule has 1 aromatic carbocycles. The average Bonchev–Trinajstić information content (AvgIpc) is 2.46. The molecule has 0 aliphatic carbocycles. The fourth-order valence-corrected chi connectivity index (χ4v) is 2.32. The van der Waals surface area contributed by atoms with E-state index in [0.29, 0.717) is 32.0 Å². The molecule has 1 heterocycles. The number of hydrogen-bond acceptors (Lipinski definition) is 4. The number of carbonyl (C=O) groups is 2. The maximum absolute atomic E-state index is 12.3. The van der Waals surface area contributed by atoms with Crippen molar-refractivity contribution in [1.82, 2.24) is 0 Å². The van der Waals surface area contributed by atoms with Crippen LogP contribution in [0.2, 0.25) is 0 Å². The number of benzene rings is 1. The third-order valence-corrected chi connectivity index (χ3v) is 3.36. The molecule has 108 valence electrons. The average molecular weight is 278 g/mol. The minimum absolute atomic E-state index is 0.284. The fraction of sp³-hybridized carbons (Fsp3) is 0.429. The van der Waals surface area contributed by atoms with Crippen molar-refractivity contribution in [3.05, 3.63) is 30.3 Å². The maximum atomic E-state index is 12.3. The second kappa shape index (κ2) is 7.02. The first-order valence-corrected chi connectivity index (χ1v) is 6.65. The largest absolute Gasteiger partial charge is 0.550 e. The van der Waals surface area contributed by atoms with Crippen molar-refractivity contribution in [1.29, 1.82) is 0 Å². The number of amides is 1. The van der Waals surface area contributed by atoms with Crippen LogP contribution in [0, 0.1) is 0 Å². The van der Waals surface area contributed by atoms with E-state index in [1.807, 2.05) is 18.2 Å². The van der Waals surface area contributed by atoms with E-state index < -0.39 is 12.0 Å². The lowest BCUT2D eigenvalue weighted by molar-refractivity contribution is -0.923. The molecule has 1 aromatic rings. The molecule has 0 aromatic heterocycles. The highest BCUT2D eigenvalue weighted by molar-refractivity contribution is 5.95. The van der Waals surface area contributed by atoms with Gasteiger partial charge in [-0.25, -0.2) is 0 Å². The fourth-order valence-electron chi connectivity index (χ4n) is 2.32. The second-order valence-corrected chi connectivity index (χ2v) is 4.75. The zero-order valence-electron chi connectivity index (χ0n) is 11.1. The Balaban J connectivity index is 2.05. The topological polar surface area (TPSA) is 82.9 Å². The van der Waals surface area contributed by atoms with Crippen LogP contribution in [0.4, 0.5) is 5.69 Å². The number of nitrogens with one attached hydrogen (secondary N) is 2. The van der Waals surface area contributed by atoms with Gasteiger partial charge in [0.2, 0.25) is 0 Å². The van der Waals surface area contributed by atoms with Crippen LogP contribution in [0.1, 0.15) is 6.42 Å². The highest BCUT2D eigenvalue weighted by Gasteiger charge is 2.31. The standard InChI is InChI=1S/C14H18N2O4/c17-13(18)10-12(16-6-8-20-9-7-16)14(19)15-11-4-2-1-3-5-11/h1-5,12H,6-10H2,(H,15,19)(H,17,18)/t12-/m0/s1. The van der Waals surface area contributed by atoms with Crippen molar-refractivity contribution in [3.63, 3.8) is 0 Å². The Bertz CT molecular complexity index is 458. The molecule has 1 atom stereocenters. The predicted octanol–water partition coefficient (Wildman–Crippen LogP) is -1.95. The molecule has 1 aliphatic heterocycles. The summed E-state index contributed by atoms with van der Waals surface area (Å²) in [6.07, 6.45) is -0.284. The first-order chi connectivity index (χ1) is 9.66. The van der Waals surface area contributed by atoms with Crippen LogP contribution >= 0.6 is 0 Å². The van der Waals surface area contributed by atoms with Crippen molar-refractivity contribution in [2.24, 2.45) is 0 Å². The molecule has 2 rings (SSSR count). The molecule has 0 spiro atoms. The number of carbonyl (C=O) groups excluding carboxylic acids is 2. The normalized spacial score (nSPS) is 17.4. The molecule has 0 unspecified atom stereocenters. The van der Waals surface area contributed by atoms with Gasteiger partial charge < -0.3 is 24.9 Å². The number of anilines is 1. The minimum atomic E-state index is -1.21. The van der Waals surface area contributed by atoms with Gasteiger partial charge in [-0.3, -0.25) is 4.79 Å². The SMILES string of the molecule is O=C([O-])C[C@@H](C(=O)Nc1ccccc1)[NH+]1CCOCC1. The number of quaternary nitrogens is 1. The molecule has 1 fully saturated rings. The van der Waals surface area contributed by atoms with Crippen molar-refractivity contribution < 1.29 is 24.3 Å². The first-order valence-electron chi connectivity index (χ1n) is 6.65. The van der Waals surface area contributed by atoms with Crippen LogP contribution < -0.4 is 15.3 Å². The lowest BCUT2D eigenvalue weighted by atomic mass is 10.1. The van der Waals surface area contributed by atoms with E-state index in [1.165, 1.54) is 0 Å². The smallest absolute Gasteiger partial charge is 0.283 e. The Morgan fingerprint density at radius 2 is 1.90 bits per heavy atom. The number of carboxylic acid groups (broad SMARTS) is 1. The number of para-hydroxylation sites is 1. The Morgan fingerprint density at radius 3 is 2.50 bits per heavy atom. The van der Waals surface area contributed by atoms with E-state index in [4.69, 9.17) is 4.74 Å². The van der Waals surface area contributed by atoms with Gasteiger partial charge in [0.25, 0.3) is 5.91 Å². The molecular weight excluding hydrogens is 260 g/mol. The van der Waals surface area contributed by atoms with Crippen molar-refractivity contribution in [2.45, 2.75) is 12.5 Å². The van der Waals surface area contributed by atoms with Gasteiger partial charge in [0.05, 0.1) is 13.2 Å². The highest BCUT2D eigenvalue weighted by Crippen LogP contribution is 2.05. The summed E-state index contributed by atoms with van der Waals surface area (Å²) in [6, 6.07) is 8.35. The van der Waals surface area contributed by atoms with Gasteiger partial charge in [0, 0.05) is 18.1 Å². The molecule has 1 amide bonds. The Hall–Kier alpha value is -1.92. The highest BCUT2D eigenvalue weighted by atomic mass is 16.5. The third-order valence-electron chi connectivity index (χ3n) is 3.36. The predicted molar refractivity (Wildman–Crippen MR) is 70.0 cm³/mol. The van der Waals surface area contributed by atoms with Gasteiger partial charge in [-0.15, -0.1) is 0 Å².